The normalized spacial score (nSPS) is 10.9. The van der Waals surface area contributed by atoms with Gasteiger partial charge in [0.25, 0.3) is 11.5 Å². The smallest absolute Gasteiger partial charge is 0.275 e. The van der Waals surface area contributed by atoms with Gasteiger partial charge in [-0.05, 0) is 31.2 Å². The number of hydrogen-bond acceptors (Lipinski definition) is 6. The number of ether oxygens (including phenoxy) is 1. The van der Waals surface area contributed by atoms with Crippen LogP contribution in [0.5, 0.6) is 5.75 Å². The van der Waals surface area contributed by atoms with Gasteiger partial charge in [-0.1, -0.05) is 52.8 Å². The average Bonchev–Trinajstić information content (AvgIpc) is 3.17. The van der Waals surface area contributed by atoms with Gasteiger partial charge < -0.3 is 10.1 Å². The average molecular weight is 441 g/mol. The van der Waals surface area contributed by atoms with Crippen molar-refractivity contribution in [2.75, 3.05) is 6.61 Å². The number of aromatic nitrogens is 3. The SMILES string of the molecule is Cc1ccc(-c2nn3c(=O)cc(CNC(=O)COc4ccc(Cl)cc4)nc3s2)cc1. The Morgan fingerprint density at radius 3 is 2.63 bits per heavy atom. The molecule has 0 spiro atoms. The summed E-state index contributed by atoms with van der Waals surface area (Å²) in [5.41, 5.74) is 2.23. The predicted octanol–water partition coefficient (Wildman–Crippen LogP) is 3.48. The van der Waals surface area contributed by atoms with Crippen molar-refractivity contribution >= 4 is 33.8 Å². The van der Waals surface area contributed by atoms with E-state index in [0.717, 1.165) is 11.1 Å². The predicted molar refractivity (Wildman–Crippen MR) is 116 cm³/mol. The van der Waals surface area contributed by atoms with E-state index in [1.165, 1.54) is 21.9 Å². The summed E-state index contributed by atoms with van der Waals surface area (Å²) in [6.07, 6.45) is 0. The van der Waals surface area contributed by atoms with Crippen LogP contribution in [0.15, 0.2) is 59.4 Å². The third-order valence-electron chi connectivity index (χ3n) is 4.25. The zero-order chi connectivity index (χ0) is 21.1. The van der Waals surface area contributed by atoms with Gasteiger partial charge in [0.1, 0.15) is 10.8 Å². The van der Waals surface area contributed by atoms with Crippen molar-refractivity contribution in [3.8, 4) is 16.3 Å². The van der Waals surface area contributed by atoms with E-state index in [0.29, 0.717) is 26.4 Å². The molecule has 0 aliphatic heterocycles. The molecule has 0 bridgehead atoms. The van der Waals surface area contributed by atoms with Crippen LogP contribution in [-0.4, -0.2) is 27.1 Å². The molecule has 152 valence electrons. The lowest BCUT2D eigenvalue weighted by Crippen LogP contribution is -2.29. The first-order valence-corrected chi connectivity index (χ1v) is 10.3. The summed E-state index contributed by atoms with van der Waals surface area (Å²) in [7, 11) is 0. The lowest BCUT2D eigenvalue weighted by molar-refractivity contribution is -0.123. The number of carbonyl (C=O) groups excluding carboxylic acids is 1. The first-order chi connectivity index (χ1) is 14.5. The highest BCUT2D eigenvalue weighted by Crippen LogP contribution is 2.24. The number of rotatable bonds is 6. The fourth-order valence-electron chi connectivity index (χ4n) is 2.68. The Morgan fingerprint density at radius 1 is 1.17 bits per heavy atom. The minimum absolute atomic E-state index is 0.117. The van der Waals surface area contributed by atoms with Crippen LogP contribution in [0.2, 0.25) is 5.02 Å². The molecular formula is C21H17ClN4O3S. The Labute approximate surface area is 180 Å². The van der Waals surface area contributed by atoms with Gasteiger partial charge in [-0.15, -0.1) is 0 Å². The molecule has 2 aromatic heterocycles. The van der Waals surface area contributed by atoms with Crippen molar-refractivity contribution in [2.45, 2.75) is 13.5 Å². The van der Waals surface area contributed by atoms with Crippen LogP contribution in [0.25, 0.3) is 15.5 Å². The van der Waals surface area contributed by atoms with E-state index >= 15 is 0 Å². The van der Waals surface area contributed by atoms with Gasteiger partial charge in [0.05, 0.1) is 12.2 Å². The summed E-state index contributed by atoms with van der Waals surface area (Å²) in [5.74, 6) is 0.220. The number of hydrogen-bond donors (Lipinski definition) is 1. The Hall–Kier alpha value is -3.23. The van der Waals surface area contributed by atoms with E-state index in [-0.39, 0.29) is 24.6 Å². The standard InChI is InChI=1S/C21H17ClN4O3S/c1-13-2-4-14(5-3-13)20-25-26-19(28)10-16(24-21(26)30-20)11-23-18(27)12-29-17-8-6-15(22)7-9-17/h2-10H,11-12H2,1H3,(H,23,27). The van der Waals surface area contributed by atoms with E-state index in [1.807, 2.05) is 31.2 Å². The van der Waals surface area contributed by atoms with Crippen LogP contribution in [0, 0.1) is 6.92 Å². The molecule has 1 N–H and O–H groups in total. The molecule has 30 heavy (non-hydrogen) atoms. The highest BCUT2D eigenvalue weighted by Gasteiger charge is 2.11. The number of nitrogens with zero attached hydrogens (tertiary/aromatic N) is 3. The summed E-state index contributed by atoms with van der Waals surface area (Å²) in [5, 5.41) is 8.36. The number of carbonyl (C=O) groups is 1. The van der Waals surface area contributed by atoms with Gasteiger partial charge in [-0.2, -0.15) is 9.61 Å². The first-order valence-electron chi connectivity index (χ1n) is 9.10. The topological polar surface area (TPSA) is 85.6 Å². The number of amides is 1. The first kappa shape index (κ1) is 20.1. The second kappa shape index (κ2) is 8.64. The van der Waals surface area contributed by atoms with Crippen molar-refractivity contribution in [2.24, 2.45) is 0 Å². The highest BCUT2D eigenvalue weighted by atomic mass is 35.5. The maximum absolute atomic E-state index is 12.4. The summed E-state index contributed by atoms with van der Waals surface area (Å²) >= 11 is 7.14. The molecule has 0 aliphatic rings. The molecule has 2 aromatic carbocycles. The Bertz CT molecular complexity index is 1250. The minimum Gasteiger partial charge on any atom is -0.484 e. The Balaban J connectivity index is 1.42. The quantitative estimate of drug-likeness (QED) is 0.496. The second-order valence-electron chi connectivity index (χ2n) is 6.57. The molecule has 0 radical (unpaired) electrons. The number of halogens is 1. The molecule has 4 aromatic rings. The van der Waals surface area contributed by atoms with Gasteiger partial charge in [0, 0.05) is 16.7 Å². The number of aryl methyl sites for hydroxylation is 1. The Kier molecular flexibility index (Phi) is 5.78. The molecule has 1 amide bonds. The zero-order valence-electron chi connectivity index (χ0n) is 16.0. The van der Waals surface area contributed by atoms with Crippen molar-refractivity contribution in [3.05, 3.63) is 81.2 Å². The van der Waals surface area contributed by atoms with E-state index in [4.69, 9.17) is 16.3 Å². The summed E-state index contributed by atoms with van der Waals surface area (Å²) in [4.78, 5) is 29.4. The summed E-state index contributed by atoms with van der Waals surface area (Å²) in [6.45, 7) is 1.97. The lowest BCUT2D eigenvalue weighted by atomic mass is 10.2. The van der Waals surface area contributed by atoms with Crippen LogP contribution in [0.3, 0.4) is 0 Å². The molecule has 9 heteroatoms. The fourth-order valence-corrected chi connectivity index (χ4v) is 3.73. The molecule has 2 heterocycles. The van der Waals surface area contributed by atoms with Gasteiger partial charge in [0.2, 0.25) is 4.96 Å². The molecule has 0 aliphatic carbocycles. The van der Waals surface area contributed by atoms with Gasteiger partial charge >= 0.3 is 0 Å². The third kappa shape index (κ3) is 4.67. The fraction of sp³-hybridized carbons (Fsp3) is 0.143. The maximum atomic E-state index is 12.4. The zero-order valence-corrected chi connectivity index (χ0v) is 17.5. The van der Waals surface area contributed by atoms with Crippen molar-refractivity contribution in [3.63, 3.8) is 0 Å². The van der Waals surface area contributed by atoms with Crippen molar-refractivity contribution in [1.82, 2.24) is 19.9 Å². The highest BCUT2D eigenvalue weighted by molar-refractivity contribution is 7.19. The third-order valence-corrected chi connectivity index (χ3v) is 5.46. The van der Waals surface area contributed by atoms with Crippen LogP contribution >= 0.6 is 22.9 Å². The molecule has 0 fully saturated rings. The second-order valence-corrected chi connectivity index (χ2v) is 7.97. The van der Waals surface area contributed by atoms with E-state index < -0.39 is 0 Å². The Morgan fingerprint density at radius 2 is 1.90 bits per heavy atom. The largest absolute Gasteiger partial charge is 0.484 e. The van der Waals surface area contributed by atoms with E-state index in [1.54, 1.807) is 24.3 Å². The van der Waals surface area contributed by atoms with Gasteiger partial charge in [-0.3, -0.25) is 9.59 Å². The maximum Gasteiger partial charge on any atom is 0.275 e. The lowest BCUT2D eigenvalue weighted by Gasteiger charge is -2.07. The summed E-state index contributed by atoms with van der Waals surface area (Å²) < 4.78 is 6.67. The van der Waals surface area contributed by atoms with Crippen molar-refractivity contribution < 1.29 is 9.53 Å². The molecule has 0 atom stereocenters. The monoisotopic (exact) mass is 440 g/mol. The molecule has 4 rings (SSSR count). The van der Waals surface area contributed by atoms with E-state index in [2.05, 4.69) is 15.4 Å². The molecule has 7 nitrogen and oxygen atoms in total. The molecule has 0 saturated carbocycles. The van der Waals surface area contributed by atoms with Gasteiger partial charge in [-0.25, -0.2) is 4.98 Å². The number of benzene rings is 2. The number of nitrogens with one attached hydrogen (secondary N) is 1. The minimum atomic E-state index is -0.323. The van der Waals surface area contributed by atoms with Crippen LogP contribution < -0.4 is 15.6 Å². The molecule has 0 unspecified atom stereocenters. The van der Waals surface area contributed by atoms with Crippen LogP contribution in [-0.2, 0) is 11.3 Å². The van der Waals surface area contributed by atoms with Crippen LogP contribution in [0.4, 0.5) is 0 Å². The van der Waals surface area contributed by atoms with Gasteiger partial charge in [0.15, 0.2) is 6.61 Å². The van der Waals surface area contributed by atoms with Crippen LogP contribution in [0.1, 0.15) is 11.3 Å². The van der Waals surface area contributed by atoms with Crippen molar-refractivity contribution in [1.29, 1.82) is 0 Å². The molecular weight excluding hydrogens is 424 g/mol. The van der Waals surface area contributed by atoms with E-state index in [9.17, 15) is 9.59 Å². The number of fused-ring (bicyclic) bond motifs is 1. The summed E-state index contributed by atoms with van der Waals surface area (Å²) in [6, 6.07) is 16.0. The molecule has 0 saturated heterocycles.